The lowest BCUT2D eigenvalue weighted by Gasteiger charge is -2.06. The van der Waals surface area contributed by atoms with Crippen LogP contribution >= 0.6 is 12.4 Å². The van der Waals surface area contributed by atoms with E-state index in [-0.39, 0.29) is 12.4 Å². The molecular formula is C22H40ClNO. The van der Waals surface area contributed by atoms with Crippen LogP contribution in [0.1, 0.15) is 96.8 Å². The Morgan fingerprint density at radius 3 is 1.48 bits per heavy atom. The SMILES string of the molecule is CCCCCCCCCCCCCCCCOc1ccc(N)cc1.Cl. The third kappa shape index (κ3) is 15.1. The fourth-order valence-corrected chi connectivity index (χ4v) is 3.05. The summed E-state index contributed by atoms with van der Waals surface area (Å²) >= 11 is 0. The highest BCUT2D eigenvalue weighted by Crippen LogP contribution is 2.15. The average Bonchev–Trinajstić information content (AvgIpc) is 2.60. The van der Waals surface area contributed by atoms with Crippen molar-refractivity contribution in [3.8, 4) is 5.75 Å². The third-order valence-electron chi connectivity index (χ3n) is 4.65. The predicted molar refractivity (Wildman–Crippen MR) is 114 cm³/mol. The lowest BCUT2D eigenvalue weighted by atomic mass is 10.0. The van der Waals surface area contributed by atoms with E-state index in [0.717, 1.165) is 24.5 Å². The Morgan fingerprint density at radius 1 is 0.640 bits per heavy atom. The maximum Gasteiger partial charge on any atom is 0.119 e. The van der Waals surface area contributed by atoms with Crippen LogP contribution in [-0.2, 0) is 0 Å². The molecule has 0 atom stereocenters. The van der Waals surface area contributed by atoms with Crippen LogP contribution in [0.5, 0.6) is 5.75 Å². The molecule has 1 aromatic rings. The second-order valence-electron chi connectivity index (χ2n) is 7.01. The van der Waals surface area contributed by atoms with Gasteiger partial charge < -0.3 is 10.5 Å². The first-order chi connectivity index (χ1) is 11.8. The van der Waals surface area contributed by atoms with Gasteiger partial charge in [0.25, 0.3) is 0 Å². The smallest absolute Gasteiger partial charge is 0.119 e. The summed E-state index contributed by atoms with van der Waals surface area (Å²) in [6.45, 7) is 3.11. The van der Waals surface area contributed by atoms with Crippen molar-refractivity contribution in [3.05, 3.63) is 24.3 Å². The molecule has 146 valence electrons. The van der Waals surface area contributed by atoms with Crippen LogP contribution in [-0.4, -0.2) is 6.61 Å². The highest BCUT2D eigenvalue weighted by Gasteiger charge is 1.96. The fourth-order valence-electron chi connectivity index (χ4n) is 3.05. The van der Waals surface area contributed by atoms with Crippen LogP contribution in [0.4, 0.5) is 5.69 Å². The molecule has 1 aromatic carbocycles. The predicted octanol–water partition coefficient (Wildman–Crippen LogP) is 7.55. The number of halogens is 1. The minimum absolute atomic E-state index is 0. The van der Waals surface area contributed by atoms with Crippen molar-refractivity contribution in [3.63, 3.8) is 0 Å². The minimum Gasteiger partial charge on any atom is -0.494 e. The quantitative estimate of drug-likeness (QED) is 0.241. The van der Waals surface area contributed by atoms with Crippen molar-refractivity contribution in [2.75, 3.05) is 12.3 Å². The summed E-state index contributed by atoms with van der Waals surface area (Å²) < 4.78 is 5.71. The number of anilines is 1. The van der Waals surface area contributed by atoms with Gasteiger partial charge >= 0.3 is 0 Å². The van der Waals surface area contributed by atoms with E-state index in [1.807, 2.05) is 24.3 Å². The Morgan fingerprint density at radius 2 is 1.04 bits per heavy atom. The molecule has 0 aliphatic rings. The van der Waals surface area contributed by atoms with E-state index in [4.69, 9.17) is 10.5 Å². The second-order valence-corrected chi connectivity index (χ2v) is 7.01. The normalized spacial score (nSPS) is 10.4. The van der Waals surface area contributed by atoms with E-state index < -0.39 is 0 Å². The Kier molecular flexibility index (Phi) is 17.3. The molecule has 0 amide bonds. The Balaban J connectivity index is 0.00000576. The summed E-state index contributed by atoms with van der Waals surface area (Å²) in [7, 11) is 0. The van der Waals surface area contributed by atoms with Crippen molar-refractivity contribution in [1.29, 1.82) is 0 Å². The monoisotopic (exact) mass is 369 g/mol. The van der Waals surface area contributed by atoms with Gasteiger partial charge in [-0.25, -0.2) is 0 Å². The summed E-state index contributed by atoms with van der Waals surface area (Å²) in [5, 5.41) is 0. The van der Waals surface area contributed by atoms with E-state index in [1.54, 1.807) is 0 Å². The first kappa shape index (κ1) is 24.1. The maximum absolute atomic E-state index is 5.71. The van der Waals surface area contributed by atoms with Crippen molar-refractivity contribution in [1.82, 2.24) is 0 Å². The highest BCUT2D eigenvalue weighted by molar-refractivity contribution is 5.85. The van der Waals surface area contributed by atoms with Crippen LogP contribution in [0.25, 0.3) is 0 Å². The van der Waals surface area contributed by atoms with Crippen molar-refractivity contribution < 1.29 is 4.74 Å². The molecular weight excluding hydrogens is 330 g/mol. The zero-order valence-electron chi connectivity index (χ0n) is 16.3. The first-order valence-electron chi connectivity index (χ1n) is 10.3. The van der Waals surface area contributed by atoms with Crippen molar-refractivity contribution in [2.24, 2.45) is 0 Å². The van der Waals surface area contributed by atoms with Crippen molar-refractivity contribution in [2.45, 2.75) is 96.8 Å². The molecule has 0 spiro atoms. The molecule has 0 aromatic heterocycles. The molecule has 0 saturated heterocycles. The Bertz CT molecular complexity index is 380. The number of nitrogens with two attached hydrogens (primary N) is 1. The van der Waals surface area contributed by atoms with Gasteiger partial charge in [-0.2, -0.15) is 0 Å². The van der Waals surface area contributed by atoms with Gasteiger partial charge in [-0.3, -0.25) is 0 Å². The van der Waals surface area contributed by atoms with E-state index in [1.165, 1.54) is 83.5 Å². The lowest BCUT2D eigenvalue weighted by molar-refractivity contribution is 0.304. The van der Waals surface area contributed by atoms with E-state index in [9.17, 15) is 0 Å². The molecule has 0 aliphatic heterocycles. The molecule has 0 aliphatic carbocycles. The third-order valence-corrected chi connectivity index (χ3v) is 4.65. The molecule has 1 rings (SSSR count). The fraction of sp³-hybridized carbons (Fsp3) is 0.727. The maximum atomic E-state index is 5.71. The van der Waals surface area contributed by atoms with Gasteiger partial charge in [0.2, 0.25) is 0 Å². The molecule has 0 heterocycles. The number of ether oxygens (including phenoxy) is 1. The number of hydrogen-bond donors (Lipinski definition) is 1. The van der Waals surface area contributed by atoms with Gasteiger partial charge in [0.15, 0.2) is 0 Å². The lowest BCUT2D eigenvalue weighted by Crippen LogP contribution is -1.97. The molecule has 2 N–H and O–H groups in total. The van der Waals surface area contributed by atoms with Gasteiger partial charge in [0.1, 0.15) is 5.75 Å². The van der Waals surface area contributed by atoms with Crippen molar-refractivity contribution >= 4 is 18.1 Å². The summed E-state index contributed by atoms with van der Waals surface area (Å²) in [6, 6.07) is 7.67. The molecule has 0 unspecified atom stereocenters. The number of nitrogen functional groups attached to an aromatic ring is 1. The number of unbranched alkanes of at least 4 members (excludes halogenated alkanes) is 13. The number of benzene rings is 1. The first-order valence-corrected chi connectivity index (χ1v) is 10.3. The highest BCUT2D eigenvalue weighted by atomic mass is 35.5. The van der Waals surface area contributed by atoms with E-state index in [2.05, 4.69) is 6.92 Å². The Hall–Kier alpha value is -0.890. The van der Waals surface area contributed by atoms with Crippen LogP contribution in [0.2, 0.25) is 0 Å². The van der Waals surface area contributed by atoms with Crippen LogP contribution in [0.15, 0.2) is 24.3 Å². The molecule has 0 radical (unpaired) electrons. The van der Waals surface area contributed by atoms with Crippen LogP contribution < -0.4 is 10.5 Å². The van der Waals surface area contributed by atoms with Gasteiger partial charge in [0, 0.05) is 5.69 Å². The Labute approximate surface area is 162 Å². The molecule has 25 heavy (non-hydrogen) atoms. The summed E-state index contributed by atoms with van der Waals surface area (Å²) in [5.41, 5.74) is 6.45. The topological polar surface area (TPSA) is 35.2 Å². The largest absolute Gasteiger partial charge is 0.494 e. The molecule has 0 fully saturated rings. The zero-order chi connectivity index (χ0) is 17.3. The van der Waals surface area contributed by atoms with Gasteiger partial charge in [-0.1, -0.05) is 90.4 Å². The zero-order valence-corrected chi connectivity index (χ0v) is 17.1. The van der Waals surface area contributed by atoms with Crippen LogP contribution in [0.3, 0.4) is 0 Å². The minimum atomic E-state index is 0. The van der Waals surface area contributed by atoms with E-state index in [0.29, 0.717) is 0 Å². The number of rotatable bonds is 16. The summed E-state index contributed by atoms with van der Waals surface area (Å²) in [6.07, 6.45) is 19.5. The standard InChI is InChI=1S/C22H39NO.ClH/c1-2-3-4-5-6-7-8-9-10-11-12-13-14-15-20-24-22-18-16-21(23)17-19-22;/h16-19H,2-15,20,23H2,1H3;1H. The summed E-state index contributed by atoms with van der Waals surface area (Å²) in [4.78, 5) is 0. The molecule has 2 nitrogen and oxygen atoms in total. The van der Waals surface area contributed by atoms with Crippen LogP contribution in [0, 0.1) is 0 Å². The number of hydrogen-bond acceptors (Lipinski definition) is 2. The summed E-state index contributed by atoms with van der Waals surface area (Å²) in [5.74, 6) is 0.930. The average molecular weight is 370 g/mol. The molecule has 3 heteroatoms. The van der Waals surface area contributed by atoms with Gasteiger partial charge in [0.05, 0.1) is 6.61 Å². The molecule has 0 bridgehead atoms. The van der Waals surface area contributed by atoms with Gasteiger partial charge in [-0.15, -0.1) is 12.4 Å². The molecule has 0 saturated carbocycles. The van der Waals surface area contributed by atoms with E-state index >= 15 is 0 Å². The second kappa shape index (κ2) is 17.9. The van der Waals surface area contributed by atoms with Gasteiger partial charge in [-0.05, 0) is 30.7 Å².